The first kappa shape index (κ1) is 20.5. The Morgan fingerprint density at radius 3 is 2.69 bits per heavy atom. The first-order valence-corrected chi connectivity index (χ1v) is 10.0. The van der Waals surface area contributed by atoms with Gasteiger partial charge in [-0.2, -0.15) is 5.26 Å². The number of aromatic nitrogens is 1. The van der Waals surface area contributed by atoms with E-state index in [1.807, 2.05) is 24.3 Å². The number of nitriles is 1. The lowest BCUT2D eigenvalue weighted by atomic mass is 10.1. The molecule has 148 valence electrons. The SMILES string of the molecule is CCc1ccc2nc(SCC(=O)Nc3ccc(OC)cc3OC)c(C#N)cc2c1. The van der Waals surface area contributed by atoms with E-state index in [0.29, 0.717) is 27.8 Å². The Kier molecular flexibility index (Phi) is 6.57. The highest BCUT2D eigenvalue weighted by atomic mass is 32.2. The highest BCUT2D eigenvalue weighted by Crippen LogP contribution is 2.30. The van der Waals surface area contributed by atoms with Gasteiger partial charge in [0.2, 0.25) is 5.91 Å². The Bertz CT molecular complexity index is 1090. The zero-order valence-electron chi connectivity index (χ0n) is 16.5. The summed E-state index contributed by atoms with van der Waals surface area (Å²) in [5.41, 5.74) is 3.01. The number of methoxy groups -OCH3 is 2. The van der Waals surface area contributed by atoms with E-state index in [1.165, 1.54) is 24.4 Å². The first-order valence-electron chi connectivity index (χ1n) is 9.06. The minimum absolute atomic E-state index is 0.120. The number of carbonyl (C=O) groups excluding carboxylic acids is 1. The Morgan fingerprint density at radius 1 is 1.17 bits per heavy atom. The second kappa shape index (κ2) is 9.30. The van der Waals surface area contributed by atoms with Crippen LogP contribution in [0.5, 0.6) is 11.5 Å². The molecule has 0 radical (unpaired) electrons. The summed E-state index contributed by atoms with van der Waals surface area (Å²) in [7, 11) is 3.09. The van der Waals surface area contributed by atoms with Crippen molar-refractivity contribution in [1.82, 2.24) is 4.98 Å². The molecule has 3 rings (SSSR count). The zero-order chi connectivity index (χ0) is 20.8. The Balaban J connectivity index is 1.74. The second-order valence-electron chi connectivity index (χ2n) is 6.24. The third-order valence-corrected chi connectivity index (χ3v) is 5.39. The fourth-order valence-electron chi connectivity index (χ4n) is 2.84. The van der Waals surface area contributed by atoms with Crippen LogP contribution in [-0.4, -0.2) is 30.9 Å². The molecule has 29 heavy (non-hydrogen) atoms. The molecule has 0 bridgehead atoms. The summed E-state index contributed by atoms with van der Waals surface area (Å²) in [6, 6.07) is 15.2. The van der Waals surface area contributed by atoms with Gasteiger partial charge in [0.25, 0.3) is 0 Å². The molecule has 3 aromatic rings. The first-order chi connectivity index (χ1) is 14.1. The number of anilines is 1. The predicted octanol–water partition coefficient (Wildman–Crippen LogP) is 4.42. The third kappa shape index (κ3) is 4.79. The van der Waals surface area contributed by atoms with Crippen LogP contribution in [0.1, 0.15) is 18.1 Å². The Labute approximate surface area is 173 Å². The van der Waals surface area contributed by atoms with Crippen LogP contribution in [0.2, 0.25) is 0 Å². The molecule has 7 heteroatoms. The molecule has 0 spiro atoms. The Morgan fingerprint density at radius 2 is 2.00 bits per heavy atom. The molecule has 1 heterocycles. The topological polar surface area (TPSA) is 84.2 Å². The summed E-state index contributed by atoms with van der Waals surface area (Å²) in [5, 5.41) is 13.8. The molecule has 0 aliphatic heterocycles. The van der Waals surface area contributed by atoms with E-state index < -0.39 is 0 Å². The van der Waals surface area contributed by atoms with Crippen LogP contribution in [0, 0.1) is 11.3 Å². The number of hydrogen-bond donors (Lipinski definition) is 1. The Hall–Kier alpha value is -3.24. The highest BCUT2D eigenvalue weighted by Gasteiger charge is 2.13. The van der Waals surface area contributed by atoms with Gasteiger partial charge in [0, 0.05) is 11.5 Å². The van der Waals surface area contributed by atoms with Gasteiger partial charge in [0.15, 0.2) is 0 Å². The molecule has 0 atom stereocenters. The van der Waals surface area contributed by atoms with E-state index >= 15 is 0 Å². The van der Waals surface area contributed by atoms with Crippen LogP contribution in [0.4, 0.5) is 5.69 Å². The summed E-state index contributed by atoms with van der Waals surface area (Å²) < 4.78 is 10.5. The maximum Gasteiger partial charge on any atom is 0.234 e. The third-order valence-electron chi connectivity index (χ3n) is 4.40. The number of nitrogens with one attached hydrogen (secondary N) is 1. The highest BCUT2D eigenvalue weighted by molar-refractivity contribution is 8.00. The van der Waals surface area contributed by atoms with Gasteiger partial charge < -0.3 is 14.8 Å². The summed E-state index contributed by atoms with van der Waals surface area (Å²) >= 11 is 1.23. The van der Waals surface area contributed by atoms with Crippen molar-refractivity contribution in [2.45, 2.75) is 18.4 Å². The smallest absolute Gasteiger partial charge is 0.234 e. The molecule has 1 aromatic heterocycles. The molecule has 2 aromatic carbocycles. The molecule has 0 fully saturated rings. The van der Waals surface area contributed by atoms with Crippen LogP contribution in [0.25, 0.3) is 10.9 Å². The monoisotopic (exact) mass is 407 g/mol. The van der Waals surface area contributed by atoms with Crippen molar-refractivity contribution in [2.24, 2.45) is 0 Å². The minimum atomic E-state index is -0.217. The van der Waals surface area contributed by atoms with Crippen LogP contribution in [0.3, 0.4) is 0 Å². The van der Waals surface area contributed by atoms with E-state index in [-0.39, 0.29) is 11.7 Å². The molecule has 6 nitrogen and oxygen atoms in total. The number of amides is 1. The molecule has 0 aliphatic carbocycles. The van der Waals surface area contributed by atoms with Crippen LogP contribution < -0.4 is 14.8 Å². The molecule has 0 aliphatic rings. The molecule has 0 saturated carbocycles. The van der Waals surface area contributed by atoms with E-state index in [9.17, 15) is 10.1 Å². The number of benzene rings is 2. The number of rotatable bonds is 7. The van der Waals surface area contributed by atoms with Crippen molar-refractivity contribution in [3.05, 3.63) is 53.6 Å². The van der Waals surface area contributed by atoms with Crippen molar-refractivity contribution < 1.29 is 14.3 Å². The summed E-state index contributed by atoms with van der Waals surface area (Å²) in [6.07, 6.45) is 0.920. The number of thioether (sulfide) groups is 1. The number of hydrogen-bond acceptors (Lipinski definition) is 6. The average molecular weight is 407 g/mol. The standard InChI is InChI=1S/C22H21N3O3S/c1-4-14-5-7-18-15(9-14)10-16(12-23)22(25-18)29-13-21(26)24-19-8-6-17(27-2)11-20(19)28-3/h5-11H,4,13H2,1-3H3,(H,24,26). The van der Waals surface area contributed by atoms with Gasteiger partial charge in [-0.3, -0.25) is 4.79 Å². The number of pyridine rings is 1. The van der Waals surface area contributed by atoms with Crippen LogP contribution in [0.15, 0.2) is 47.5 Å². The summed E-state index contributed by atoms with van der Waals surface area (Å²) in [6.45, 7) is 2.08. The molecule has 0 unspecified atom stereocenters. The van der Waals surface area contributed by atoms with Gasteiger partial charge in [-0.05, 0) is 42.3 Å². The van der Waals surface area contributed by atoms with Gasteiger partial charge in [-0.1, -0.05) is 24.8 Å². The van der Waals surface area contributed by atoms with Gasteiger partial charge >= 0.3 is 0 Å². The van der Waals surface area contributed by atoms with Crippen LogP contribution >= 0.6 is 11.8 Å². The van der Waals surface area contributed by atoms with Crippen molar-refractivity contribution in [2.75, 3.05) is 25.3 Å². The van der Waals surface area contributed by atoms with E-state index in [1.54, 1.807) is 25.3 Å². The summed E-state index contributed by atoms with van der Waals surface area (Å²) in [4.78, 5) is 17.0. The van der Waals surface area contributed by atoms with E-state index in [2.05, 4.69) is 23.3 Å². The lowest BCUT2D eigenvalue weighted by molar-refractivity contribution is -0.113. The normalized spacial score (nSPS) is 10.4. The van der Waals surface area contributed by atoms with Gasteiger partial charge in [-0.25, -0.2) is 4.98 Å². The average Bonchev–Trinajstić information content (AvgIpc) is 2.76. The van der Waals surface area contributed by atoms with Crippen molar-refractivity contribution >= 4 is 34.3 Å². The second-order valence-corrected chi connectivity index (χ2v) is 7.20. The predicted molar refractivity (Wildman–Crippen MR) is 115 cm³/mol. The maximum atomic E-state index is 12.4. The quantitative estimate of drug-likeness (QED) is 0.584. The van der Waals surface area contributed by atoms with Gasteiger partial charge in [-0.15, -0.1) is 0 Å². The molecule has 0 saturated heterocycles. The minimum Gasteiger partial charge on any atom is -0.497 e. The van der Waals surface area contributed by atoms with Gasteiger partial charge in [0.1, 0.15) is 22.6 Å². The van der Waals surface area contributed by atoms with Gasteiger partial charge in [0.05, 0.1) is 36.7 Å². The lowest BCUT2D eigenvalue weighted by Gasteiger charge is -2.12. The largest absolute Gasteiger partial charge is 0.497 e. The van der Waals surface area contributed by atoms with Crippen LogP contribution in [-0.2, 0) is 11.2 Å². The van der Waals surface area contributed by atoms with Crippen molar-refractivity contribution in [3.8, 4) is 17.6 Å². The number of carbonyl (C=O) groups is 1. The molecular formula is C22H21N3O3S. The van der Waals surface area contributed by atoms with Crippen molar-refractivity contribution in [1.29, 1.82) is 5.26 Å². The van der Waals surface area contributed by atoms with E-state index in [4.69, 9.17) is 9.47 Å². The fraction of sp³-hybridized carbons (Fsp3) is 0.227. The lowest BCUT2D eigenvalue weighted by Crippen LogP contribution is -2.15. The van der Waals surface area contributed by atoms with Crippen molar-refractivity contribution in [3.63, 3.8) is 0 Å². The number of ether oxygens (including phenoxy) is 2. The molecule has 1 N–H and O–H groups in total. The van der Waals surface area contributed by atoms with E-state index in [0.717, 1.165) is 17.3 Å². The molecular weight excluding hydrogens is 386 g/mol. The number of fused-ring (bicyclic) bond motifs is 1. The number of aryl methyl sites for hydroxylation is 1. The molecule has 1 amide bonds. The summed E-state index contributed by atoms with van der Waals surface area (Å²) in [5.74, 6) is 1.05. The zero-order valence-corrected chi connectivity index (χ0v) is 17.3. The fourth-order valence-corrected chi connectivity index (χ4v) is 3.60. The maximum absolute atomic E-state index is 12.4. The number of nitrogens with zero attached hydrogens (tertiary/aromatic N) is 2.